The molecular weight excluding hydrogens is 262 g/mol. The highest BCUT2D eigenvalue weighted by atomic mass is 35.5. The van der Waals surface area contributed by atoms with Gasteiger partial charge in [0.15, 0.2) is 0 Å². The zero-order chi connectivity index (χ0) is 13.8. The highest BCUT2D eigenvalue weighted by Gasteiger charge is 2.08. The Balaban J connectivity index is 2.04. The van der Waals surface area contributed by atoms with E-state index in [4.69, 9.17) is 20.8 Å². The summed E-state index contributed by atoms with van der Waals surface area (Å²) in [7, 11) is 1.90. The fourth-order valence-electron chi connectivity index (χ4n) is 1.92. The summed E-state index contributed by atoms with van der Waals surface area (Å²) in [6, 6.07) is 7.60. The fourth-order valence-corrected chi connectivity index (χ4v) is 2.15. The first kappa shape index (κ1) is 14.0. The molecule has 1 heterocycles. The Bertz CT molecular complexity index is 563. The maximum absolute atomic E-state index is 5.91. The smallest absolute Gasteiger partial charge is 0.146 e. The lowest BCUT2D eigenvalue weighted by atomic mass is 10.2. The Morgan fingerprint density at radius 3 is 2.68 bits per heavy atom. The summed E-state index contributed by atoms with van der Waals surface area (Å²) < 4.78 is 11.5. The molecule has 0 saturated carbocycles. The molecule has 4 heteroatoms. The van der Waals surface area contributed by atoms with Crippen molar-refractivity contribution in [2.75, 3.05) is 7.05 Å². The second-order valence-electron chi connectivity index (χ2n) is 4.55. The van der Waals surface area contributed by atoms with E-state index in [-0.39, 0.29) is 0 Å². The highest BCUT2D eigenvalue weighted by molar-refractivity contribution is 6.30. The van der Waals surface area contributed by atoms with Crippen LogP contribution < -0.4 is 10.1 Å². The van der Waals surface area contributed by atoms with Gasteiger partial charge in [-0.25, -0.2) is 0 Å². The molecule has 0 amide bonds. The van der Waals surface area contributed by atoms with E-state index in [0.29, 0.717) is 6.61 Å². The lowest BCUT2D eigenvalue weighted by molar-refractivity contribution is 0.264. The van der Waals surface area contributed by atoms with Gasteiger partial charge < -0.3 is 14.5 Å². The van der Waals surface area contributed by atoms with Crippen molar-refractivity contribution in [2.45, 2.75) is 27.0 Å². The van der Waals surface area contributed by atoms with Crippen molar-refractivity contribution < 1.29 is 9.15 Å². The summed E-state index contributed by atoms with van der Waals surface area (Å²) in [5, 5.41) is 3.80. The van der Waals surface area contributed by atoms with Crippen molar-refractivity contribution in [3.63, 3.8) is 0 Å². The van der Waals surface area contributed by atoms with E-state index in [0.717, 1.165) is 40.0 Å². The monoisotopic (exact) mass is 279 g/mol. The van der Waals surface area contributed by atoms with Crippen LogP contribution >= 0.6 is 11.6 Å². The molecule has 19 heavy (non-hydrogen) atoms. The minimum atomic E-state index is 0.424. The number of benzene rings is 1. The van der Waals surface area contributed by atoms with Gasteiger partial charge in [0.1, 0.15) is 23.9 Å². The van der Waals surface area contributed by atoms with E-state index in [2.05, 4.69) is 5.32 Å². The zero-order valence-electron chi connectivity index (χ0n) is 11.4. The normalized spacial score (nSPS) is 10.7. The molecule has 0 unspecified atom stereocenters. The van der Waals surface area contributed by atoms with Crippen molar-refractivity contribution in [3.8, 4) is 5.75 Å². The van der Waals surface area contributed by atoms with Crippen LogP contribution in [0.5, 0.6) is 5.75 Å². The second kappa shape index (κ2) is 6.13. The predicted molar refractivity (Wildman–Crippen MR) is 76.7 cm³/mol. The topological polar surface area (TPSA) is 34.4 Å². The van der Waals surface area contributed by atoms with E-state index < -0.39 is 0 Å². The lowest BCUT2D eigenvalue weighted by Gasteiger charge is -2.07. The summed E-state index contributed by atoms with van der Waals surface area (Å²) in [6.07, 6.45) is 0. The minimum absolute atomic E-state index is 0.424. The fraction of sp³-hybridized carbons (Fsp3) is 0.333. The molecule has 2 rings (SSSR count). The van der Waals surface area contributed by atoms with E-state index in [9.17, 15) is 0 Å². The molecule has 102 valence electrons. The highest BCUT2D eigenvalue weighted by Crippen LogP contribution is 2.23. The Kier molecular flexibility index (Phi) is 4.51. The first-order valence-corrected chi connectivity index (χ1v) is 6.59. The number of furan rings is 1. The van der Waals surface area contributed by atoms with Crippen LogP contribution in [0.2, 0.25) is 5.02 Å². The van der Waals surface area contributed by atoms with E-state index >= 15 is 0 Å². The molecule has 0 bridgehead atoms. The van der Waals surface area contributed by atoms with Crippen LogP contribution in [-0.2, 0) is 13.2 Å². The number of aryl methyl sites for hydroxylation is 2. The summed E-state index contributed by atoms with van der Waals surface area (Å²) >= 11 is 5.91. The molecular formula is C15H18ClNO2. The maximum Gasteiger partial charge on any atom is 0.146 e. The van der Waals surface area contributed by atoms with Crippen LogP contribution in [0.15, 0.2) is 28.7 Å². The molecule has 0 aliphatic heterocycles. The van der Waals surface area contributed by atoms with E-state index in [1.165, 1.54) is 0 Å². The van der Waals surface area contributed by atoms with Gasteiger partial charge in [0.05, 0.1) is 6.54 Å². The Hall–Kier alpha value is -1.45. The summed E-state index contributed by atoms with van der Waals surface area (Å²) in [5.74, 6) is 2.61. The van der Waals surface area contributed by atoms with Gasteiger partial charge >= 0.3 is 0 Å². The number of hydrogen-bond acceptors (Lipinski definition) is 3. The molecule has 0 radical (unpaired) electrons. The van der Waals surface area contributed by atoms with Crippen molar-refractivity contribution in [3.05, 3.63) is 51.9 Å². The van der Waals surface area contributed by atoms with Gasteiger partial charge in [-0.2, -0.15) is 0 Å². The van der Waals surface area contributed by atoms with Gasteiger partial charge in [-0.1, -0.05) is 11.6 Å². The molecule has 1 aromatic heterocycles. The Morgan fingerprint density at radius 1 is 1.21 bits per heavy atom. The van der Waals surface area contributed by atoms with Gasteiger partial charge in [0, 0.05) is 5.02 Å². The van der Waals surface area contributed by atoms with Gasteiger partial charge in [0.2, 0.25) is 0 Å². The van der Waals surface area contributed by atoms with Crippen LogP contribution in [0.4, 0.5) is 0 Å². The van der Waals surface area contributed by atoms with Gasteiger partial charge in [-0.3, -0.25) is 0 Å². The molecule has 0 aliphatic rings. The average Bonchev–Trinajstić information content (AvgIpc) is 2.70. The van der Waals surface area contributed by atoms with Crippen molar-refractivity contribution >= 4 is 11.6 Å². The summed E-state index contributed by atoms with van der Waals surface area (Å²) in [5.41, 5.74) is 2.16. The molecule has 3 nitrogen and oxygen atoms in total. The Morgan fingerprint density at radius 2 is 2.00 bits per heavy atom. The molecule has 0 spiro atoms. The number of rotatable bonds is 5. The van der Waals surface area contributed by atoms with E-state index in [1.54, 1.807) is 0 Å². The molecule has 0 atom stereocenters. The van der Waals surface area contributed by atoms with Crippen LogP contribution in [0, 0.1) is 13.8 Å². The van der Waals surface area contributed by atoms with Crippen LogP contribution in [-0.4, -0.2) is 7.05 Å². The van der Waals surface area contributed by atoms with Crippen LogP contribution in [0.1, 0.15) is 22.6 Å². The lowest BCUT2D eigenvalue weighted by Crippen LogP contribution is -2.04. The predicted octanol–water partition coefficient (Wildman–Crippen LogP) is 3.85. The molecule has 0 fully saturated rings. The van der Waals surface area contributed by atoms with Crippen molar-refractivity contribution in [1.82, 2.24) is 5.32 Å². The minimum Gasteiger partial charge on any atom is -0.485 e. The molecule has 0 aliphatic carbocycles. The maximum atomic E-state index is 5.91. The SMILES string of the molecule is CNCc1oc(COc2ccc(Cl)cc2C)cc1C. The third kappa shape index (κ3) is 3.52. The first-order valence-electron chi connectivity index (χ1n) is 6.22. The first-order chi connectivity index (χ1) is 9.10. The quantitative estimate of drug-likeness (QED) is 0.903. The Labute approximate surface area is 118 Å². The number of hydrogen-bond donors (Lipinski definition) is 1. The van der Waals surface area contributed by atoms with Crippen LogP contribution in [0.3, 0.4) is 0 Å². The zero-order valence-corrected chi connectivity index (χ0v) is 12.2. The third-order valence-electron chi connectivity index (χ3n) is 2.92. The van der Waals surface area contributed by atoms with E-state index in [1.807, 2.05) is 45.2 Å². The molecule has 1 N–H and O–H groups in total. The number of halogens is 1. The van der Waals surface area contributed by atoms with Crippen LogP contribution in [0.25, 0.3) is 0 Å². The summed E-state index contributed by atoms with van der Waals surface area (Å²) in [4.78, 5) is 0. The molecule has 1 aromatic carbocycles. The standard InChI is InChI=1S/C15H18ClNO2/c1-10-6-12(16)4-5-14(10)18-9-13-7-11(2)15(19-13)8-17-3/h4-7,17H,8-9H2,1-3H3. The molecule has 2 aromatic rings. The third-order valence-corrected chi connectivity index (χ3v) is 3.15. The second-order valence-corrected chi connectivity index (χ2v) is 4.98. The van der Waals surface area contributed by atoms with Crippen molar-refractivity contribution in [1.29, 1.82) is 0 Å². The van der Waals surface area contributed by atoms with Gasteiger partial charge in [-0.15, -0.1) is 0 Å². The summed E-state index contributed by atoms with van der Waals surface area (Å²) in [6.45, 7) is 5.16. The van der Waals surface area contributed by atoms with Gasteiger partial charge in [-0.05, 0) is 56.3 Å². The molecule has 0 saturated heterocycles. The van der Waals surface area contributed by atoms with Crippen molar-refractivity contribution in [2.24, 2.45) is 0 Å². The number of ether oxygens (including phenoxy) is 1. The number of nitrogens with one attached hydrogen (secondary N) is 1. The average molecular weight is 280 g/mol. The van der Waals surface area contributed by atoms with Gasteiger partial charge in [0.25, 0.3) is 0 Å². The largest absolute Gasteiger partial charge is 0.485 e.